The molecule has 0 spiro atoms. The van der Waals surface area contributed by atoms with Crippen molar-refractivity contribution in [1.82, 2.24) is 0 Å². The number of para-hydroxylation sites is 1. The molecule has 0 saturated carbocycles. The number of hydrogen-bond donors (Lipinski definition) is 0. The summed E-state index contributed by atoms with van der Waals surface area (Å²) in [4.78, 5) is 0. The van der Waals surface area contributed by atoms with Gasteiger partial charge < -0.3 is 0 Å². The van der Waals surface area contributed by atoms with Crippen LogP contribution in [0.25, 0.3) is 0 Å². The highest BCUT2D eigenvalue weighted by Crippen LogP contribution is 2.31. The largest absolute Gasteiger partial charge is 0.262 e. The molecule has 0 aromatic heterocycles. The van der Waals surface area contributed by atoms with Gasteiger partial charge in [0.25, 0.3) is 0 Å². The lowest BCUT2D eigenvalue weighted by Crippen LogP contribution is -2.32. The standard InChI is InChI=1S/C13H14N2/c1-2-7-12(8-3-1)15-13-9-5-4-6-11(13)10-14-15/h1-4,6-8,10-11,13H,5,9H2/t11-,13+/m0/s1. The van der Waals surface area contributed by atoms with Crippen LogP contribution >= 0.6 is 0 Å². The Hall–Kier alpha value is -1.57. The van der Waals surface area contributed by atoms with E-state index >= 15 is 0 Å². The third-order valence-electron chi connectivity index (χ3n) is 3.13. The lowest BCUT2D eigenvalue weighted by molar-refractivity contribution is 0.536. The molecule has 2 aliphatic rings. The van der Waals surface area contributed by atoms with Gasteiger partial charge >= 0.3 is 0 Å². The topological polar surface area (TPSA) is 15.6 Å². The highest BCUT2D eigenvalue weighted by molar-refractivity contribution is 5.72. The number of anilines is 1. The van der Waals surface area contributed by atoms with Crippen LogP contribution in [-0.4, -0.2) is 12.3 Å². The van der Waals surface area contributed by atoms with Crippen LogP contribution in [-0.2, 0) is 0 Å². The van der Waals surface area contributed by atoms with Crippen LogP contribution in [0.1, 0.15) is 12.8 Å². The monoisotopic (exact) mass is 198 g/mol. The molecule has 0 N–H and O–H groups in total. The van der Waals surface area contributed by atoms with E-state index in [1.807, 2.05) is 6.07 Å². The Morgan fingerprint density at radius 1 is 1.20 bits per heavy atom. The number of hydrazone groups is 1. The van der Waals surface area contributed by atoms with Crippen LogP contribution in [0, 0.1) is 5.92 Å². The van der Waals surface area contributed by atoms with Gasteiger partial charge in [-0.1, -0.05) is 30.4 Å². The van der Waals surface area contributed by atoms with Gasteiger partial charge in [-0.05, 0) is 25.0 Å². The average Bonchev–Trinajstić information content (AvgIpc) is 2.74. The SMILES string of the molecule is C1=C[C@H]2C=NN(c3ccccc3)[C@@H]2CC1. The van der Waals surface area contributed by atoms with Crippen LogP contribution in [0.4, 0.5) is 5.69 Å². The molecular formula is C13H14N2. The lowest BCUT2D eigenvalue weighted by atomic mass is 9.91. The van der Waals surface area contributed by atoms with Crippen molar-refractivity contribution < 1.29 is 0 Å². The number of benzene rings is 1. The summed E-state index contributed by atoms with van der Waals surface area (Å²) >= 11 is 0. The van der Waals surface area contributed by atoms with E-state index in [1.165, 1.54) is 18.5 Å². The Bertz CT molecular complexity index is 394. The molecule has 2 heteroatoms. The Morgan fingerprint density at radius 3 is 2.93 bits per heavy atom. The fourth-order valence-electron chi connectivity index (χ4n) is 2.35. The van der Waals surface area contributed by atoms with Gasteiger partial charge in [-0.15, -0.1) is 0 Å². The van der Waals surface area contributed by atoms with Crippen molar-refractivity contribution >= 4 is 11.9 Å². The van der Waals surface area contributed by atoms with Gasteiger partial charge in [0.15, 0.2) is 0 Å². The molecule has 0 bridgehead atoms. The maximum absolute atomic E-state index is 4.51. The molecule has 1 aromatic carbocycles. The average molecular weight is 198 g/mol. The lowest BCUT2D eigenvalue weighted by Gasteiger charge is -2.28. The minimum Gasteiger partial charge on any atom is -0.262 e. The van der Waals surface area contributed by atoms with E-state index in [0.29, 0.717) is 12.0 Å². The number of nitrogens with zero attached hydrogens (tertiary/aromatic N) is 2. The van der Waals surface area contributed by atoms with E-state index in [9.17, 15) is 0 Å². The fourth-order valence-corrected chi connectivity index (χ4v) is 2.35. The molecule has 0 amide bonds. The van der Waals surface area contributed by atoms with Crippen LogP contribution in [0.5, 0.6) is 0 Å². The molecule has 0 radical (unpaired) electrons. The smallest absolute Gasteiger partial charge is 0.0641 e. The molecule has 0 saturated heterocycles. The quantitative estimate of drug-likeness (QED) is 0.633. The summed E-state index contributed by atoms with van der Waals surface area (Å²) in [6.07, 6.45) is 8.99. The van der Waals surface area contributed by atoms with Crippen molar-refractivity contribution in [2.45, 2.75) is 18.9 Å². The van der Waals surface area contributed by atoms with E-state index in [2.05, 4.69) is 52.7 Å². The van der Waals surface area contributed by atoms with E-state index in [-0.39, 0.29) is 0 Å². The molecule has 0 fully saturated rings. The second-order valence-electron chi connectivity index (χ2n) is 4.09. The van der Waals surface area contributed by atoms with Gasteiger partial charge in [0.05, 0.1) is 11.7 Å². The molecule has 15 heavy (non-hydrogen) atoms. The van der Waals surface area contributed by atoms with Gasteiger partial charge in [-0.2, -0.15) is 5.10 Å². The van der Waals surface area contributed by atoms with Crippen molar-refractivity contribution in [1.29, 1.82) is 0 Å². The third kappa shape index (κ3) is 1.46. The van der Waals surface area contributed by atoms with Crippen molar-refractivity contribution in [2.75, 3.05) is 5.01 Å². The van der Waals surface area contributed by atoms with Gasteiger partial charge in [-0.25, -0.2) is 0 Å². The van der Waals surface area contributed by atoms with Crippen LogP contribution < -0.4 is 5.01 Å². The summed E-state index contributed by atoms with van der Waals surface area (Å²) in [5, 5.41) is 6.67. The first-order valence-electron chi connectivity index (χ1n) is 5.50. The third-order valence-corrected chi connectivity index (χ3v) is 3.13. The summed E-state index contributed by atoms with van der Waals surface area (Å²) in [6, 6.07) is 11.0. The van der Waals surface area contributed by atoms with E-state index in [4.69, 9.17) is 0 Å². The summed E-state index contributed by atoms with van der Waals surface area (Å²) in [6.45, 7) is 0. The van der Waals surface area contributed by atoms with Gasteiger partial charge in [0.2, 0.25) is 0 Å². The second kappa shape index (κ2) is 3.54. The molecule has 1 aromatic rings. The van der Waals surface area contributed by atoms with Crippen molar-refractivity contribution in [2.24, 2.45) is 11.0 Å². The summed E-state index contributed by atoms with van der Waals surface area (Å²) < 4.78 is 0. The molecule has 1 aliphatic heterocycles. The Labute approximate surface area is 89.9 Å². The zero-order valence-corrected chi connectivity index (χ0v) is 8.58. The fraction of sp³-hybridized carbons (Fsp3) is 0.308. The Balaban J connectivity index is 1.90. The molecular weight excluding hydrogens is 184 g/mol. The molecule has 76 valence electrons. The first kappa shape index (κ1) is 8.72. The first-order chi connectivity index (χ1) is 7.45. The zero-order valence-electron chi connectivity index (χ0n) is 8.58. The normalized spacial score (nSPS) is 28.1. The minimum atomic E-state index is 0.513. The minimum absolute atomic E-state index is 0.513. The van der Waals surface area contributed by atoms with Crippen molar-refractivity contribution in [3.05, 3.63) is 42.5 Å². The van der Waals surface area contributed by atoms with E-state index in [0.717, 1.165) is 0 Å². The van der Waals surface area contributed by atoms with E-state index in [1.54, 1.807) is 0 Å². The number of allylic oxidation sites excluding steroid dienone is 1. The Morgan fingerprint density at radius 2 is 2.07 bits per heavy atom. The van der Waals surface area contributed by atoms with Crippen LogP contribution in [0.3, 0.4) is 0 Å². The molecule has 1 aliphatic carbocycles. The number of hydrogen-bond acceptors (Lipinski definition) is 2. The van der Waals surface area contributed by atoms with Gasteiger partial charge in [0.1, 0.15) is 0 Å². The molecule has 1 heterocycles. The Kier molecular flexibility index (Phi) is 2.05. The first-order valence-corrected chi connectivity index (χ1v) is 5.50. The van der Waals surface area contributed by atoms with Crippen molar-refractivity contribution in [3.63, 3.8) is 0 Å². The zero-order chi connectivity index (χ0) is 10.1. The van der Waals surface area contributed by atoms with Gasteiger partial charge in [0, 0.05) is 12.1 Å². The summed E-state index contributed by atoms with van der Waals surface area (Å²) in [5.41, 5.74) is 1.21. The van der Waals surface area contributed by atoms with Crippen LogP contribution in [0.2, 0.25) is 0 Å². The predicted octanol–water partition coefficient (Wildman–Crippen LogP) is 2.83. The van der Waals surface area contributed by atoms with Crippen molar-refractivity contribution in [3.8, 4) is 0 Å². The van der Waals surface area contributed by atoms with Gasteiger partial charge in [-0.3, -0.25) is 5.01 Å². The molecule has 0 unspecified atom stereocenters. The summed E-state index contributed by atoms with van der Waals surface area (Å²) in [7, 11) is 0. The second-order valence-corrected chi connectivity index (χ2v) is 4.09. The summed E-state index contributed by atoms with van der Waals surface area (Å²) in [5.74, 6) is 0.513. The number of fused-ring (bicyclic) bond motifs is 1. The number of rotatable bonds is 1. The highest BCUT2D eigenvalue weighted by atomic mass is 15.5. The van der Waals surface area contributed by atoms with E-state index < -0.39 is 0 Å². The maximum atomic E-state index is 4.51. The predicted molar refractivity (Wildman–Crippen MR) is 63.1 cm³/mol. The molecule has 2 nitrogen and oxygen atoms in total. The maximum Gasteiger partial charge on any atom is 0.0641 e. The highest BCUT2D eigenvalue weighted by Gasteiger charge is 2.31. The molecule has 2 atom stereocenters. The molecule has 3 rings (SSSR count). The van der Waals surface area contributed by atoms with Crippen LogP contribution in [0.15, 0.2) is 47.6 Å².